The lowest BCUT2D eigenvalue weighted by Crippen LogP contribution is -2.21. The quantitative estimate of drug-likeness (QED) is 0.725. The molecule has 0 saturated heterocycles. The molecule has 0 fully saturated rings. The Morgan fingerprint density at radius 2 is 2.08 bits per heavy atom. The van der Waals surface area contributed by atoms with E-state index in [1.165, 1.54) is 4.52 Å². The first kappa shape index (κ1) is 15.9. The van der Waals surface area contributed by atoms with Gasteiger partial charge in [0.25, 0.3) is 17.5 Å². The third kappa shape index (κ3) is 3.33. The van der Waals surface area contributed by atoms with Gasteiger partial charge in [-0.15, -0.1) is 5.10 Å². The van der Waals surface area contributed by atoms with Crippen LogP contribution in [-0.2, 0) is 9.53 Å². The topological polar surface area (TPSA) is 98.5 Å². The molecule has 1 N–H and O–H groups in total. The number of carbonyl (C=O) groups is 2. The molecule has 0 atom stereocenters. The average Bonchev–Trinajstić information content (AvgIpc) is 3.00. The van der Waals surface area contributed by atoms with E-state index in [2.05, 4.69) is 20.4 Å². The molecule has 3 aromatic rings. The summed E-state index contributed by atoms with van der Waals surface area (Å²) >= 11 is 5.93. The highest BCUT2D eigenvalue weighted by molar-refractivity contribution is 6.33. The third-order valence-electron chi connectivity index (χ3n) is 3.09. The lowest BCUT2D eigenvalue weighted by atomic mass is 10.3. The van der Waals surface area contributed by atoms with Crippen LogP contribution in [0.2, 0.25) is 5.02 Å². The number of aromatic nitrogens is 4. The first-order valence-corrected chi connectivity index (χ1v) is 7.32. The SMILES string of the molecule is Cc1ccnc2nc(C(=O)OCC(=O)Nc3ccccc3Cl)nn12. The van der Waals surface area contributed by atoms with Gasteiger partial charge in [-0.25, -0.2) is 14.3 Å². The molecule has 9 heteroatoms. The maximum atomic E-state index is 12.0. The van der Waals surface area contributed by atoms with Crippen LogP contribution in [0.5, 0.6) is 0 Å². The number of carbonyl (C=O) groups excluding carboxylic acids is 2. The van der Waals surface area contributed by atoms with Crippen molar-refractivity contribution in [2.75, 3.05) is 11.9 Å². The van der Waals surface area contributed by atoms with Gasteiger partial charge < -0.3 is 10.1 Å². The molecule has 0 aliphatic rings. The van der Waals surface area contributed by atoms with Gasteiger partial charge in [-0.05, 0) is 25.1 Å². The number of para-hydroxylation sites is 1. The van der Waals surface area contributed by atoms with Crippen molar-refractivity contribution in [2.24, 2.45) is 0 Å². The predicted octanol–water partition coefficient (Wildman–Crippen LogP) is 1.88. The first-order chi connectivity index (χ1) is 11.5. The van der Waals surface area contributed by atoms with E-state index in [0.29, 0.717) is 10.7 Å². The summed E-state index contributed by atoms with van der Waals surface area (Å²) in [6, 6.07) is 8.47. The normalized spacial score (nSPS) is 10.6. The molecule has 1 amide bonds. The zero-order chi connectivity index (χ0) is 17.1. The minimum absolute atomic E-state index is 0.164. The second-order valence-electron chi connectivity index (χ2n) is 4.84. The average molecular weight is 346 g/mol. The van der Waals surface area contributed by atoms with Crippen LogP contribution in [-0.4, -0.2) is 38.1 Å². The third-order valence-corrected chi connectivity index (χ3v) is 3.42. The second-order valence-corrected chi connectivity index (χ2v) is 5.24. The zero-order valence-electron chi connectivity index (χ0n) is 12.6. The number of rotatable bonds is 4. The van der Waals surface area contributed by atoms with E-state index in [4.69, 9.17) is 16.3 Å². The van der Waals surface area contributed by atoms with E-state index in [9.17, 15) is 9.59 Å². The summed E-state index contributed by atoms with van der Waals surface area (Å²) < 4.78 is 6.33. The molecule has 0 radical (unpaired) electrons. The smallest absolute Gasteiger partial charge is 0.378 e. The van der Waals surface area contributed by atoms with Gasteiger partial charge in [0.2, 0.25) is 0 Å². The summed E-state index contributed by atoms with van der Waals surface area (Å²) in [6.45, 7) is 1.32. The Balaban J connectivity index is 1.63. The lowest BCUT2D eigenvalue weighted by molar-refractivity contribution is -0.119. The Bertz CT molecular complexity index is 924. The number of benzene rings is 1. The monoisotopic (exact) mass is 345 g/mol. The van der Waals surface area contributed by atoms with Crippen molar-refractivity contribution >= 4 is 34.9 Å². The first-order valence-electron chi connectivity index (χ1n) is 6.94. The number of esters is 1. The molecular weight excluding hydrogens is 334 g/mol. The standard InChI is InChI=1S/C15H12ClN5O3/c1-9-6-7-17-15-19-13(20-21(9)15)14(23)24-8-12(22)18-11-5-3-2-4-10(11)16/h2-7H,8H2,1H3,(H,18,22). The number of nitrogens with one attached hydrogen (secondary N) is 1. The molecule has 0 bridgehead atoms. The van der Waals surface area contributed by atoms with E-state index < -0.39 is 18.5 Å². The highest BCUT2D eigenvalue weighted by Gasteiger charge is 2.17. The van der Waals surface area contributed by atoms with Gasteiger partial charge in [-0.3, -0.25) is 4.79 Å². The Labute approximate surface area is 141 Å². The molecule has 0 spiro atoms. The Morgan fingerprint density at radius 1 is 1.29 bits per heavy atom. The fourth-order valence-electron chi connectivity index (χ4n) is 1.94. The van der Waals surface area contributed by atoms with Crippen molar-refractivity contribution in [1.82, 2.24) is 19.6 Å². The fraction of sp³-hybridized carbons (Fsp3) is 0.133. The second kappa shape index (κ2) is 6.63. The largest absolute Gasteiger partial charge is 0.450 e. The maximum absolute atomic E-state index is 12.0. The molecule has 0 aliphatic carbocycles. The van der Waals surface area contributed by atoms with Crippen molar-refractivity contribution in [2.45, 2.75) is 6.92 Å². The van der Waals surface area contributed by atoms with E-state index in [0.717, 1.165) is 5.69 Å². The van der Waals surface area contributed by atoms with Crippen LogP contribution in [0.4, 0.5) is 5.69 Å². The molecule has 8 nitrogen and oxygen atoms in total. The van der Waals surface area contributed by atoms with E-state index in [-0.39, 0.29) is 11.6 Å². The summed E-state index contributed by atoms with van der Waals surface area (Å²) in [4.78, 5) is 31.7. The van der Waals surface area contributed by atoms with Crippen LogP contribution in [0.1, 0.15) is 16.3 Å². The number of halogens is 1. The van der Waals surface area contributed by atoms with E-state index >= 15 is 0 Å². The minimum Gasteiger partial charge on any atom is -0.450 e. The summed E-state index contributed by atoms with van der Waals surface area (Å²) in [5.74, 6) is -1.21. The van der Waals surface area contributed by atoms with Crippen molar-refractivity contribution in [1.29, 1.82) is 0 Å². The molecule has 24 heavy (non-hydrogen) atoms. The summed E-state index contributed by atoms with van der Waals surface area (Å²) in [7, 11) is 0. The number of amides is 1. The van der Waals surface area contributed by atoms with Gasteiger partial charge in [0.05, 0.1) is 10.7 Å². The van der Waals surface area contributed by atoms with Crippen molar-refractivity contribution in [3.05, 3.63) is 53.1 Å². The molecule has 122 valence electrons. The van der Waals surface area contributed by atoms with Gasteiger partial charge in [-0.1, -0.05) is 23.7 Å². The summed E-state index contributed by atoms with van der Waals surface area (Å²) in [6.07, 6.45) is 1.56. The van der Waals surface area contributed by atoms with Crippen molar-refractivity contribution < 1.29 is 14.3 Å². The Morgan fingerprint density at radius 3 is 2.83 bits per heavy atom. The molecule has 0 aliphatic heterocycles. The molecular formula is C15H12ClN5O3. The van der Waals surface area contributed by atoms with Crippen molar-refractivity contribution in [3.8, 4) is 0 Å². The number of anilines is 1. The number of ether oxygens (including phenoxy) is 1. The van der Waals surface area contributed by atoms with Crippen LogP contribution in [0.25, 0.3) is 5.78 Å². The molecule has 2 aromatic heterocycles. The summed E-state index contributed by atoms with van der Waals surface area (Å²) in [5.41, 5.74) is 1.20. The van der Waals surface area contributed by atoms with Gasteiger partial charge in [0.15, 0.2) is 6.61 Å². The number of aryl methyl sites for hydroxylation is 1. The lowest BCUT2D eigenvalue weighted by Gasteiger charge is -2.06. The van der Waals surface area contributed by atoms with Crippen LogP contribution < -0.4 is 5.32 Å². The molecule has 2 heterocycles. The zero-order valence-corrected chi connectivity index (χ0v) is 13.3. The highest BCUT2D eigenvalue weighted by Crippen LogP contribution is 2.20. The van der Waals surface area contributed by atoms with Gasteiger partial charge in [0.1, 0.15) is 0 Å². The number of hydrogen-bond acceptors (Lipinski definition) is 6. The maximum Gasteiger partial charge on any atom is 0.378 e. The minimum atomic E-state index is -0.811. The van der Waals surface area contributed by atoms with E-state index in [1.807, 2.05) is 0 Å². The Hall–Kier alpha value is -3.00. The fourth-order valence-corrected chi connectivity index (χ4v) is 2.12. The number of fused-ring (bicyclic) bond motifs is 1. The van der Waals surface area contributed by atoms with Crippen LogP contribution in [0, 0.1) is 6.92 Å². The van der Waals surface area contributed by atoms with Gasteiger partial charge in [0, 0.05) is 11.9 Å². The van der Waals surface area contributed by atoms with Gasteiger partial charge in [-0.2, -0.15) is 4.98 Å². The summed E-state index contributed by atoms with van der Waals surface area (Å²) in [5, 5.41) is 6.94. The van der Waals surface area contributed by atoms with Crippen LogP contribution in [0.15, 0.2) is 36.5 Å². The highest BCUT2D eigenvalue weighted by atomic mass is 35.5. The Kier molecular flexibility index (Phi) is 4.39. The van der Waals surface area contributed by atoms with Crippen LogP contribution in [0.3, 0.4) is 0 Å². The predicted molar refractivity (Wildman–Crippen MR) is 85.9 cm³/mol. The number of hydrogen-bond donors (Lipinski definition) is 1. The molecule has 1 aromatic carbocycles. The van der Waals surface area contributed by atoms with Gasteiger partial charge >= 0.3 is 5.97 Å². The van der Waals surface area contributed by atoms with Crippen LogP contribution >= 0.6 is 11.6 Å². The molecule has 0 unspecified atom stereocenters. The number of nitrogens with zero attached hydrogens (tertiary/aromatic N) is 4. The molecule has 3 rings (SSSR count). The van der Waals surface area contributed by atoms with E-state index in [1.54, 1.807) is 43.5 Å². The van der Waals surface area contributed by atoms with Crippen molar-refractivity contribution in [3.63, 3.8) is 0 Å². The molecule has 0 saturated carbocycles.